The van der Waals surface area contributed by atoms with Gasteiger partial charge >= 0.3 is 0 Å². The molecule has 2 aromatic rings. The van der Waals surface area contributed by atoms with Gasteiger partial charge in [0.1, 0.15) is 0 Å². The molecule has 154 valence electrons. The first-order valence-electron chi connectivity index (χ1n) is 10.2. The molecule has 3 rings (SSSR count). The van der Waals surface area contributed by atoms with Crippen LogP contribution in [0.15, 0.2) is 48.5 Å². The van der Waals surface area contributed by atoms with Crippen molar-refractivity contribution in [2.75, 3.05) is 26.2 Å². The Bertz CT molecular complexity index is 828. The largest absolute Gasteiger partial charge is 0.396 e. The summed E-state index contributed by atoms with van der Waals surface area (Å²) in [6, 6.07) is 15.6. The highest BCUT2D eigenvalue weighted by Gasteiger charge is 2.23. The number of nitrogens with one attached hydrogen (secondary N) is 1. The first-order chi connectivity index (χ1) is 14.1. The zero-order valence-electron chi connectivity index (χ0n) is 16.6. The number of carbonyl (C=O) groups is 2. The normalized spacial score (nSPS) is 14.6. The molecule has 6 nitrogen and oxygen atoms in total. The molecule has 0 aliphatic carbocycles. The molecule has 0 spiro atoms. The number of piperidine rings is 1. The molecule has 1 saturated heterocycles. The maximum atomic E-state index is 12.8. The van der Waals surface area contributed by atoms with Gasteiger partial charge in [0, 0.05) is 31.8 Å². The van der Waals surface area contributed by atoms with E-state index in [2.05, 4.69) is 5.32 Å². The van der Waals surface area contributed by atoms with Gasteiger partial charge in [0.15, 0.2) is 0 Å². The molecule has 1 heterocycles. The first-order valence-corrected chi connectivity index (χ1v) is 10.2. The highest BCUT2D eigenvalue weighted by atomic mass is 16.3. The van der Waals surface area contributed by atoms with Gasteiger partial charge in [0.25, 0.3) is 5.91 Å². The molecule has 29 heavy (non-hydrogen) atoms. The van der Waals surface area contributed by atoms with Gasteiger partial charge in [-0.2, -0.15) is 0 Å². The summed E-state index contributed by atoms with van der Waals surface area (Å²) in [4.78, 5) is 26.0. The zero-order chi connectivity index (χ0) is 20.6. The number of nitrogens with two attached hydrogens (primary N) is 1. The van der Waals surface area contributed by atoms with Crippen molar-refractivity contribution >= 4 is 11.8 Å². The van der Waals surface area contributed by atoms with E-state index in [4.69, 9.17) is 10.8 Å². The topological polar surface area (TPSA) is 95.7 Å². The molecule has 4 N–H and O–H groups in total. The fourth-order valence-electron chi connectivity index (χ4n) is 3.73. The zero-order valence-corrected chi connectivity index (χ0v) is 16.6. The maximum Gasteiger partial charge on any atom is 0.253 e. The van der Waals surface area contributed by atoms with Gasteiger partial charge in [0.2, 0.25) is 5.91 Å². The lowest BCUT2D eigenvalue weighted by molar-refractivity contribution is -0.119. The first kappa shape index (κ1) is 21.0. The third kappa shape index (κ3) is 5.65. The molecule has 0 atom stereocenters. The van der Waals surface area contributed by atoms with Crippen LogP contribution >= 0.6 is 0 Å². The number of amides is 2. The third-order valence-corrected chi connectivity index (χ3v) is 5.51. The van der Waals surface area contributed by atoms with Crippen molar-refractivity contribution in [2.45, 2.75) is 25.8 Å². The summed E-state index contributed by atoms with van der Waals surface area (Å²) >= 11 is 0. The quantitative estimate of drug-likeness (QED) is 0.669. The average Bonchev–Trinajstić information content (AvgIpc) is 2.78. The smallest absolute Gasteiger partial charge is 0.253 e. The number of hydrogen-bond acceptors (Lipinski definition) is 4. The van der Waals surface area contributed by atoms with E-state index >= 15 is 0 Å². The number of nitrogens with zero attached hydrogens (tertiary/aromatic N) is 1. The van der Waals surface area contributed by atoms with Gasteiger partial charge in [0.05, 0.1) is 6.54 Å². The van der Waals surface area contributed by atoms with Crippen molar-refractivity contribution in [3.63, 3.8) is 0 Å². The number of rotatable bonds is 7. The van der Waals surface area contributed by atoms with Crippen molar-refractivity contribution in [3.8, 4) is 11.1 Å². The Kier molecular flexibility index (Phi) is 7.38. The number of benzene rings is 2. The summed E-state index contributed by atoms with van der Waals surface area (Å²) in [6.45, 7) is 2.14. The van der Waals surface area contributed by atoms with Crippen LogP contribution in [0.2, 0.25) is 0 Å². The molecule has 0 bridgehead atoms. The number of aliphatic hydroxyl groups is 1. The summed E-state index contributed by atoms with van der Waals surface area (Å²) in [5.74, 6) is 0.407. The standard InChI is InChI=1S/C23H29N3O3/c24-15-22(28)25-16-18-2-1-3-21(14-18)19-4-6-20(7-5-19)23(29)26-11-8-17(9-12-26)10-13-27/h1-7,14,17,27H,8-13,15-16,24H2,(H,25,28). The lowest BCUT2D eigenvalue weighted by Gasteiger charge is -2.31. The van der Waals surface area contributed by atoms with Crippen LogP contribution in [-0.2, 0) is 11.3 Å². The van der Waals surface area contributed by atoms with Crippen LogP contribution in [0.25, 0.3) is 11.1 Å². The number of likely N-dealkylation sites (tertiary alicyclic amines) is 1. The summed E-state index contributed by atoms with van der Waals surface area (Å²) in [7, 11) is 0. The van der Waals surface area contributed by atoms with E-state index in [1.165, 1.54) is 0 Å². The molecule has 0 radical (unpaired) electrons. The van der Waals surface area contributed by atoms with E-state index in [9.17, 15) is 9.59 Å². The highest BCUT2D eigenvalue weighted by molar-refractivity contribution is 5.94. The molecule has 2 aromatic carbocycles. The molecule has 0 unspecified atom stereocenters. The molecule has 1 fully saturated rings. The van der Waals surface area contributed by atoms with Gasteiger partial charge in [-0.25, -0.2) is 0 Å². The van der Waals surface area contributed by atoms with Gasteiger partial charge < -0.3 is 21.1 Å². The maximum absolute atomic E-state index is 12.8. The van der Waals surface area contributed by atoms with Crippen LogP contribution in [-0.4, -0.2) is 48.1 Å². The molecular weight excluding hydrogens is 366 g/mol. The molecule has 6 heteroatoms. The average molecular weight is 396 g/mol. The van der Waals surface area contributed by atoms with Crippen molar-refractivity contribution in [2.24, 2.45) is 11.7 Å². The van der Waals surface area contributed by atoms with E-state index in [1.54, 1.807) is 0 Å². The van der Waals surface area contributed by atoms with Crippen molar-refractivity contribution < 1.29 is 14.7 Å². The van der Waals surface area contributed by atoms with E-state index in [-0.39, 0.29) is 25.0 Å². The van der Waals surface area contributed by atoms with E-state index in [0.29, 0.717) is 18.0 Å². The minimum absolute atomic E-state index is 0.0196. The van der Waals surface area contributed by atoms with E-state index in [0.717, 1.165) is 49.0 Å². The molecule has 0 aromatic heterocycles. The summed E-state index contributed by atoms with van der Waals surface area (Å²) in [6.07, 6.45) is 2.74. The van der Waals surface area contributed by atoms with Gasteiger partial charge in [-0.15, -0.1) is 0 Å². The van der Waals surface area contributed by atoms with Crippen LogP contribution in [0, 0.1) is 5.92 Å². The second-order valence-electron chi connectivity index (χ2n) is 7.51. The predicted molar refractivity (Wildman–Crippen MR) is 113 cm³/mol. The van der Waals surface area contributed by atoms with Crippen molar-refractivity contribution in [1.82, 2.24) is 10.2 Å². The molecule has 1 aliphatic heterocycles. The summed E-state index contributed by atoms with van der Waals surface area (Å²) < 4.78 is 0. The summed E-state index contributed by atoms with van der Waals surface area (Å²) in [5.41, 5.74) is 9.07. The second kappa shape index (κ2) is 10.2. The molecule has 1 aliphatic rings. The van der Waals surface area contributed by atoms with E-state index < -0.39 is 0 Å². The third-order valence-electron chi connectivity index (χ3n) is 5.51. The van der Waals surface area contributed by atoms with E-state index in [1.807, 2.05) is 53.4 Å². The van der Waals surface area contributed by atoms with Crippen LogP contribution in [0.1, 0.15) is 35.2 Å². The number of carbonyl (C=O) groups excluding carboxylic acids is 2. The van der Waals surface area contributed by atoms with Crippen LogP contribution < -0.4 is 11.1 Å². The van der Waals surface area contributed by atoms with Crippen LogP contribution in [0.4, 0.5) is 0 Å². The Morgan fingerprint density at radius 2 is 1.79 bits per heavy atom. The number of aliphatic hydroxyl groups excluding tert-OH is 1. The van der Waals surface area contributed by atoms with Crippen LogP contribution in [0.3, 0.4) is 0 Å². The molecule has 2 amide bonds. The predicted octanol–water partition coefficient (Wildman–Crippen LogP) is 2.16. The van der Waals surface area contributed by atoms with Crippen molar-refractivity contribution in [3.05, 3.63) is 59.7 Å². The van der Waals surface area contributed by atoms with Gasteiger partial charge in [-0.1, -0.05) is 30.3 Å². The molecule has 0 saturated carbocycles. The Morgan fingerprint density at radius 1 is 1.07 bits per heavy atom. The summed E-state index contributed by atoms with van der Waals surface area (Å²) in [5, 5.41) is 11.8. The Balaban J connectivity index is 1.63. The van der Waals surface area contributed by atoms with Crippen LogP contribution in [0.5, 0.6) is 0 Å². The highest BCUT2D eigenvalue weighted by Crippen LogP contribution is 2.24. The van der Waals surface area contributed by atoms with Crippen molar-refractivity contribution in [1.29, 1.82) is 0 Å². The Morgan fingerprint density at radius 3 is 2.45 bits per heavy atom. The fraction of sp³-hybridized carbons (Fsp3) is 0.391. The lowest BCUT2D eigenvalue weighted by atomic mass is 9.93. The monoisotopic (exact) mass is 395 g/mol. The number of hydrogen-bond donors (Lipinski definition) is 3. The lowest BCUT2D eigenvalue weighted by Crippen LogP contribution is -2.38. The Hall–Kier alpha value is -2.70. The van der Waals surface area contributed by atoms with Gasteiger partial charge in [-0.3, -0.25) is 9.59 Å². The SMILES string of the molecule is NCC(=O)NCc1cccc(-c2ccc(C(=O)N3CCC(CCO)CC3)cc2)c1. The second-order valence-corrected chi connectivity index (χ2v) is 7.51. The molecular formula is C23H29N3O3. The minimum Gasteiger partial charge on any atom is -0.396 e. The van der Waals surface area contributed by atoms with Gasteiger partial charge in [-0.05, 0) is 60.1 Å². The Labute approximate surface area is 171 Å². The fourth-order valence-corrected chi connectivity index (χ4v) is 3.73. The minimum atomic E-state index is -0.182.